The molecular weight excluding hydrogens is 428 g/mol. The largest absolute Gasteiger partial charge is 0.494 e. The highest BCUT2D eigenvalue weighted by atomic mass is 19.1. The molecule has 0 atom stereocenters. The van der Waals surface area contributed by atoms with Crippen LogP contribution < -0.4 is 4.74 Å². The van der Waals surface area contributed by atoms with E-state index in [1.165, 1.54) is 30.3 Å². The maximum absolute atomic E-state index is 14.6. The molecule has 5 heteroatoms. The molecule has 0 aliphatic heterocycles. The van der Waals surface area contributed by atoms with Gasteiger partial charge in [-0.15, -0.1) is 0 Å². The second kappa shape index (κ2) is 9.79. The van der Waals surface area contributed by atoms with Crippen LogP contribution in [0.15, 0.2) is 66.7 Å². The van der Waals surface area contributed by atoms with Crippen molar-refractivity contribution in [2.24, 2.45) is 0 Å². The lowest BCUT2D eigenvalue weighted by molar-refractivity contribution is 0.338. The van der Waals surface area contributed by atoms with Crippen LogP contribution >= 0.6 is 0 Å². The molecule has 0 saturated carbocycles. The van der Waals surface area contributed by atoms with Crippen molar-refractivity contribution in [1.29, 1.82) is 0 Å². The minimum atomic E-state index is -0.771. The number of benzene rings is 4. The van der Waals surface area contributed by atoms with E-state index in [0.717, 1.165) is 5.39 Å². The van der Waals surface area contributed by atoms with Gasteiger partial charge in [0.2, 0.25) is 0 Å². The Morgan fingerprint density at radius 2 is 1.42 bits per heavy atom. The average Bonchev–Trinajstić information content (AvgIpc) is 2.78. The van der Waals surface area contributed by atoms with Crippen molar-refractivity contribution in [2.75, 3.05) is 6.61 Å². The molecule has 0 bridgehead atoms. The van der Waals surface area contributed by atoms with Crippen molar-refractivity contribution in [3.63, 3.8) is 0 Å². The number of halogens is 4. The van der Waals surface area contributed by atoms with Gasteiger partial charge in [0.05, 0.1) is 12.2 Å². The number of fused-ring (bicyclic) bond motifs is 1. The highest BCUT2D eigenvalue weighted by Gasteiger charge is 2.11. The Kier molecular flexibility index (Phi) is 6.65. The number of aryl methyl sites for hydroxylation is 2. The lowest BCUT2D eigenvalue weighted by Gasteiger charge is -2.08. The van der Waals surface area contributed by atoms with Gasteiger partial charge in [-0.05, 0) is 84.1 Å². The summed E-state index contributed by atoms with van der Waals surface area (Å²) in [6.07, 6.45) is 0.563. The molecule has 4 aromatic carbocycles. The number of rotatable bonds is 5. The van der Waals surface area contributed by atoms with Crippen LogP contribution in [-0.2, 0) is 12.8 Å². The van der Waals surface area contributed by atoms with Crippen LogP contribution in [-0.4, -0.2) is 6.61 Å². The molecule has 0 spiro atoms. The van der Waals surface area contributed by atoms with Crippen LogP contribution in [0.3, 0.4) is 0 Å². The van der Waals surface area contributed by atoms with Crippen molar-refractivity contribution >= 4 is 10.8 Å². The molecule has 0 unspecified atom stereocenters. The van der Waals surface area contributed by atoms with Gasteiger partial charge < -0.3 is 4.74 Å². The zero-order chi connectivity index (χ0) is 23.4. The third-order valence-electron chi connectivity index (χ3n) is 5.25. The second-order valence-corrected chi connectivity index (χ2v) is 7.58. The molecule has 0 amide bonds. The van der Waals surface area contributed by atoms with E-state index in [9.17, 15) is 17.6 Å². The molecule has 4 rings (SSSR count). The van der Waals surface area contributed by atoms with E-state index < -0.39 is 17.5 Å². The summed E-state index contributed by atoms with van der Waals surface area (Å²) in [6, 6.07) is 16.5. The van der Waals surface area contributed by atoms with E-state index in [1.807, 2.05) is 6.92 Å². The first-order valence-corrected chi connectivity index (χ1v) is 10.5. The number of hydrogen-bond donors (Lipinski definition) is 0. The maximum atomic E-state index is 14.6. The molecule has 4 aromatic rings. The summed E-state index contributed by atoms with van der Waals surface area (Å²) in [6.45, 7) is 2.25. The molecule has 0 fully saturated rings. The van der Waals surface area contributed by atoms with Crippen molar-refractivity contribution in [3.05, 3.63) is 112 Å². The second-order valence-electron chi connectivity index (χ2n) is 7.58. The zero-order valence-corrected chi connectivity index (χ0v) is 17.9. The lowest BCUT2D eigenvalue weighted by Crippen LogP contribution is -2.00. The van der Waals surface area contributed by atoms with Crippen LogP contribution in [0.4, 0.5) is 17.6 Å². The van der Waals surface area contributed by atoms with E-state index in [1.54, 1.807) is 36.4 Å². The van der Waals surface area contributed by atoms with Crippen LogP contribution in [0.5, 0.6) is 5.75 Å². The zero-order valence-electron chi connectivity index (χ0n) is 17.9. The molecule has 0 aliphatic carbocycles. The standard InChI is InChI=1S/C28H20F4O/c1-2-33-24-11-9-20(26(30)17-24)6-4-19-14-27(31)25(28(32)15-19)12-5-18-3-7-22-16-23(29)10-8-21(22)13-18/h3,7-11,13-17H,2,4,6H2,1H3. The molecule has 0 radical (unpaired) electrons. The molecule has 33 heavy (non-hydrogen) atoms. The molecule has 0 saturated heterocycles. The Bertz CT molecular complexity index is 1360. The monoisotopic (exact) mass is 448 g/mol. The van der Waals surface area contributed by atoms with Crippen LogP contribution in [0.2, 0.25) is 0 Å². The fourth-order valence-electron chi connectivity index (χ4n) is 3.58. The van der Waals surface area contributed by atoms with Crippen LogP contribution in [0.1, 0.15) is 29.2 Å². The van der Waals surface area contributed by atoms with Gasteiger partial charge in [0.1, 0.15) is 29.0 Å². The Labute approximate surface area is 189 Å². The summed E-state index contributed by atoms with van der Waals surface area (Å²) in [5.41, 5.74) is 1.09. The molecule has 0 aliphatic rings. The normalized spacial score (nSPS) is 10.7. The van der Waals surface area contributed by atoms with E-state index in [0.29, 0.717) is 40.9 Å². The average molecular weight is 448 g/mol. The summed E-state index contributed by atoms with van der Waals surface area (Å²) in [7, 11) is 0. The molecule has 0 aromatic heterocycles. The Morgan fingerprint density at radius 3 is 2.15 bits per heavy atom. The highest BCUT2D eigenvalue weighted by Crippen LogP contribution is 2.21. The Balaban J connectivity index is 1.51. The van der Waals surface area contributed by atoms with Gasteiger partial charge in [-0.1, -0.05) is 30.0 Å². The predicted molar refractivity (Wildman–Crippen MR) is 121 cm³/mol. The smallest absolute Gasteiger partial charge is 0.142 e. The molecule has 0 N–H and O–H groups in total. The van der Waals surface area contributed by atoms with Crippen molar-refractivity contribution in [2.45, 2.75) is 19.8 Å². The first-order chi connectivity index (χ1) is 15.9. The first kappa shape index (κ1) is 22.4. The third kappa shape index (κ3) is 5.35. The first-order valence-electron chi connectivity index (χ1n) is 10.5. The summed E-state index contributed by atoms with van der Waals surface area (Å²) in [4.78, 5) is 0. The van der Waals surface area contributed by atoms with Crippen LogP contribution in [0, 0.1) is 35.1 Å². The fourth-order valence-corrected chi connectivity index (χ4v) is 3.58. The molecule has 1 nitrogen and oxygen atoms in total. The van der Waals surface area contributed by atoms with Crippen molar-refractivity contribution in [3.8, 4) is 17.6 Å². The van der Waals surface area contributed by atoms with Gasteiger partial charge in [0.25, 0.3) is 0 Å². The summed E-state index contributed by atoms with van der Waals surface area (Å²) in [5.74, 6) is 3.47. The van der Waals surface area contributed by atoms with E-state index in [4.69, 9.17) is 4.74 Å². The van der Waals surface area contributed by atoms with Gasteiger partial charge in [-0.25, -0.2) is 17.6 Å². The summed E-state index contributed by atoms with van der Waals surface area (Å²) in [5, 5.41) is 1.49. The third-order valence-corrected chi connectivity index (χ3v) is 5.25. The van der Waals surface area contributed by atoms with Crippen LogP contribution in [0.25, 0.3) is 10.8 Å². The molecule has 0 heterocycles. The SMILES string of the molecule is CCOc1ccc(CCc2cc(F)c(C#Cc3ccc4cc(F)ccc4c3)c(F)c2)c(F)c1. The fraction of sp³-hybridized carbons (Fsp3) is 0.143. The Hall–Kier alpha value is -3.78. The summed E-state index contributed by atoms with van der Waals surface area (Å²) < 4.78 is 61.9. The van der Waals surface area contributed by atoms with Crippen molar-refractivity contribution in [1.82, 2.24) is 0 Å². The highest BCUT2D eigenvalue weighted by molar-refractivity contribution is 5.84. The van der Waals surface area contributed by atoms with E-state index in [2.05, 4.69) is 11.8 Å². The minimum Gasteiger partial charge on any atom is -0.494 e. The quantitative estimate of drug-likeness (QED) is 0.236. The van der Waals surface area contributed by atoms with Crippen molar-refractivity contribution < 1.29 is 22.3 Å². The van der Waals surface area contributed by atoms with Gasteiger partial charge >= 0.3 is 0 Å². The van der Waals surface area contributed by atoms with Gasteiger partial charge in [-0.3, -0.25) is 0 Å². The lowest BCUT2D eigenvalue weighted by atomic mass is 10.0. The topological polar surface area (TPSA) is 9.23 Å². The molecule has 166 valence electrons. The van der Waals surface area contributed by atoms with E-state index in [-0.39, 0.29) is 17.8 Å². The number of hydrogen-bond acceptors (Lipinski definition) is 1. The van der Waals surface area contributed by atoms with Gasteiger partial charge in [0, 0.05) is 11.6 Å². The van der Waals surface area contributed by atoms with E-state index >= 15 is 0 Å². The Morgan fingerprint density at radius 1 is 0.697 bits per heavy atom. The molecular formula is C28H20F4O. The van der Waals surface area contributed by atoms with Gasteiger partial charge in [0.15, 0.2) is 0 Å². The minimum absolute atomic E-state index is 0.272. The number of ether oxygens (including phenoxy) is 1. The maximum Gasteiger partial charge on any atom is 0.142 e. The summed E-state index contributed by atoms with van der Waals surface area (Å²) >= 11 is 0. The van der Waals surface area contributed by atoms with Gasteiger partial charge in [-0.2, -0.15) is 0 Å². The predicted octanol–water partition coefficient (Wildman–Crippen LogP) is 6.98.